The first-order chi connectivity index (χ1) is 12.6. The van der Waals surface area contributed by atoms with Crippen molar-refractivity contribution < 1.29 is 14.4 Å². The van der Waals surface area contributed by atoms with Crippen LogP contribution in [0.25, 0.3) is 5.95 Å². The molecule has 0 bridgehead atoms. The molecule has 0 atom stereocenters. The number of fused-ring (bicyclic) bond motifs is 1. The molecule has 1 aliphatic rings. The number of nitro groups is 1. The normalized spacial score (nSPS) is 12.7. The second kappa shape index (κ2) is 6.31. The summed E-state index contributed by atoms with van der Waals surface area (Å²) in [5.41, 5.74) is 1.33. The topological polar surface area (TPSA) is 117 Å². The van der Waals surface area contributed by atoms with E-state index in [1.165, 1.54) is 10.9 Å². The summed E-state index contributed by atoms with van der Waals surface area (Å²) >= 11 is 0. The van der Waals surface area contributed by atoms with E-state index in [4.69, 9.17) is 9.47 Å². The summed E-state index contributed by atoms with van der Waals surface area (Å²) in [5.74, 6) is 2.13. The van der Waals surface area contributed by atoms with Crippen LogP contribution >= 0.6 is 0 Å². The Kier molecular flexibility index (Phi) is 3.84. The number of hydrogen-bond donors (Lipinski definition) is 1. The Hall–Kier alpha value is -3.69. The summed E-state index contributed by atoms with van der Waals surface area (Å²) in [6, 6.07) is 7.26. The first-order valence-corrected chi connectivity index (χ1v) is 7.80. The van der Waals surface area contributed by atoms with Gasteiger partial charge in [-0.3, -0.25) is 10.1 Å². The third-order valence-corrected chi connectivity index (χ3v) is 3.64. The monoisotopic (exact) mass is 354 g/mol. The molecule has 4 rings (SSSR count). The minimum absolute atomic E-state index is 0.128. The fourth-order valence-electron chi connectivity index (χ4n) is 2.51. The Bertz CT molecular complexity index is 987. The zero-order valence-corrected chi connectivity index (χ0v) is 13.7. The molecular formula is C16H14N6O4. The maximum absolute atomic E-state index is 10.8. The van der Waals surface area contributed by atoms with E-state index in [0.29, 0.717) is 36.2 Å². The highest BCUT2D eigenvalue weighted by Gasteiger charge is 2.14. The van der Waals surface area contributed by atoms with E-state index < -0.39 is 4.92 Å². The van der Waals surface area contributed by atoms with Crippen LogP contribution < -0.4 is 14.8 Å². The molecule has 0 amide bonds. The lowest BCUT2D eigenvalue weighted by Gasteiger charge is -2.19. The molecule has 3 heterocycles. The lowest BCUT2D eigenvalue weighted by molar-refractivity contribution is -0.384. The molecule has 0 unspecified atom stereocenters. The minimum atomic E-state index is -0.520. The molecule has 132 valence electrons. The largest absolute Gasteiger partial charge is 0.486 e. The van der Waals surface area contributed by atoms with E-state index in [1.807, 2.05) is 18.2 Å². The van der Waals surface area contributed by atoms with Gasteiger partial charge in [0.05, 0.1) is 4.92 Å². The van der Waals surface area contributed by atoms with Crippen LogP contribution in [-0.2, 0) is 0 Å². The van der Waals surface area contributed by atoms with Crippen molar-refractivity contribution in [1.82, 2.24) is 19.7 Å². The first kappa shape index (κ1) is 15.8. The number of nitrogens with one attached hydrogen (secondary N) is 1. The Morgan fingerprint density at radius 1 is 1.19 bits per heavy atom. The van der Waals surface area contributed by atoms with Crippen LogP contribution in [0.15, 0.2) is 36.7 Å². The number of aryl methyl sites for hydroxylation is 1. The van der Waals surface area contributed by atoms with Crippen LogP contribution in [0.5, 0.6) is 11.5 Å². The van der Waals surface area contributed by atoms with E-state index in [2.05, 4.69) is 20.4 Å². The van der Waals surface area contributed by atoms with E-state index in [9.17, 15) is 10.1 Å². The molecule has 1 aromatic carbocycles. The predicted octanol–water partition coefficient (Wildman–Crippen LogP) is 2.39. The van der Waals surface area contributed by atoms with Gasteiger partial charge in [0.1, 0.15) is 31.4 Å². The fourth-order valence-corrected chi connectivity index (χ4v) is 2.51. The minimum Gasteiger partial charge on any atom is -0.486 e. The van der Waals surface area contributed by atoms with Crippen molar-refractivity contribution in [3.63, 3.8) is 0 Å². The van der Waals surface area contributed by atoms with Crippen molar-refractivity contribution in [2.24, 2.45) is 0 Å². The molecule has 0 saturated carbocycles. The van der Waals surface area contributed by atoms with Crippen LogP contribution in [0.3, 0.4) is 0 Å². The van der Waals surface area contributed by atoms with E-state index in [-0.39, 0.29) is 11.6 Å². The average Bonchev–Trinajstić information content (AvgIpc) is 3.12. The highest BCUT2D eigenvalue weighted by molar-refractivity contribution is 5.62. The molecule has 1 N–H and O–H groups in total. The molecule has 0 saturated heterocycles. The van der Waals surface area contributed by atoms with Gasteiger partial charge in [0.2, 0.25) is 0 Å². The number of nitrogens with zero attached hydrogens (tertiary/aromatic N) is 5. The van der Waals surface area contributed by atoms with Gasteiger partial charge in [-0.05, 0) is 19.1 Å². The van der Waals surface area contributed by atoms with Crippen LogP contribution in [-0.4, -0.2) is 37.9 Å². The third-order valence-electron chi connectivity index (χ3n) is 3.64. The van der Waals surface area contributed by atoms with E-state index in [1.54, 1.807) is 13.0 Å². The number of aromatic nitrogens is 4. The molecular weight excluding hydrogens is 340 g/mol. The van der Waals surface area contributed by atoms with Gasteiger partial charge in [0.15, 0.2) is 11.5 Å². The van der Waals surface area contributed by atoms with Crippen molar-refractivity contribution in [3.05, 3.63) is 52.5 Å². The molecule has 2 aromatic heterocycles. The third kappa shape index (κ3) is 3.11. The smallest absolute Gasteiger partial charge is 0.307 e. The highest BCUT2D eigenvalue weighted by Crippen LogP contribution is 2.33. The number of hydrogen-bond acceptors (Lipinski definition) is 8. The second-order valence-corrected chi connectivity index (χ2v) is 5.58. The van der Waals surface area contributed by atoms with Gasteiger partial charge in [0, 0.05) is 23.5 Å². The Morgan fingerprint density at radius 2 is 2.00 bits per heavy atom. The van der Waals surface area contributed by atoms with Gasteiger partial charge in [-0.25, -0.2) is 4.98 Å². The standard InChI is InChI=1S/C16H14N6O4/c1-10-6-15(19-11-2-3-13-14(7-11)26-5-4-25-13)20-16(18-10)21-9-12(8-17-21)22(23)24/h2-3,6-9H,4-5H2,1H3,(H,18,19,20). The molecule has 0 aliphatic carbocycles. The number of rotatable bonds is 4. The molecule has 0 radical (unpaired) electrons. The first-order valence-electron chi connectivity index (χ1n) is 7.80. The number of benzene rings is 1. The number of anilines is 2. The van der Waals surface area contributed by atoms with Gasteiger partial charge in [0.25, 0.3) is 5.95 Å². The molecule has 3 aromatic rings. The fraction of sp³-hybridized carbons (Fsp3) is 0.188. The van der Waals surface area contributed by atoms with Crippen molar-refractivity contribution >= 4 is 17.2 Å². The Morgan fingerprint density at radius 3 is 2.77 bits per heavy atom. The van der Waals surface area contributed by atoms with Crippen molar-refractivity contribution in [3.8, 4) is 17.4 Å². The maximum atomic E-state index is 10.8. The molecule has 1 aliphatic heterocycles. The van der Waals surface area contributed by atoms with Crippen LogP contribution in [0.2, 0.25) is 0 Å². The van der Waals surface area contributed by atoms with Gasteiger partial charge in [-0.15, -0.1) is 0 Å². The average molecular weight is 354 g/mol. The quantitative estimate of drug-likeness (QED) is 0.560. The van der Waals surface area contributed by atoms with Crippen molar-refractivity contribution in [2.75, 3.05) is 18.5 Å². The van der Waals surface area contributed by atoms with E-state index in [0.717, 1.165) is 11.9 Å². The Labute approximate surface area is 147 Å². The lowest BCUT2D eigenvalue weighted by Crippen LogP contribution is -2.15. The van der Waals surface area contributed by atoms with Crippen LogP contribution in [0, 0.1) is 17.0 Å². The zero-order chi connectivity index (χ0) is 18.1. The summed E-state index contributed by atoms with van der Waals surface area (Å²) < 4.78 is 12.3. The molecule has 0 spiro atoms. The summed E-state index contributed by atoms with van der Waals surface area (Å²) in [6.07, 6.45) is 2.42. The number of ether oxygens (including phenoxy) is 2. The summed E-state index contributed by atoms with van der Waals surface area (Å²) in [7, 11) is 0. The molecule has 10 nitrogen and oxygen atoms in total. The van der Waals surface area contributed by atoms with E-state index >= 15 is 0 Å². The van der Waals surface area contributed by atoms with Crippen LogP contribution in [0.1, 0.15) is 5.69 Å². The molecule has 10 heteroatoms. The Balaban J connectivity index is 1.62. The summed E-state index contributed by atoms with van der Waals surface area (Å²) in [6.45, 7) is 2.84. The molecule has 0 fully saturated rings. The highest BCUT2D eigenvalue weighted by atomic mass is 16.6. The SMILES string of the molecule is Cc1cc(Nc2ccc3c(c2)OCCO3)nc(-n2cc([N+](=O)[O-])cn2)n1. The van der Waals surface area contributed by atoms with Gasteiger partial charge >= 0.3 is 5.69 Å². The predicted molar refractivity (Wildman–Crippen MR) is 91.3 cm³/mol. The van der Waals surface area contributed by atoms with Gasteiger partial charge in [-0.2, -0.15) is 14.8 Å². The lowest BCUT2D eigenvalue weighted by atomic mass is 10.2. The summed E-state index contributed by atoms with van der Waals surface area (Å²) in [4.78, 5) is 18.9. The van der Waals surface area contributed by atoms with Crippen molar-refractivity contribution in [2.45, 2.75) is 6.92 Å². The second-order valence-electron chi connectivity index (χ2n) is 5.58. The zero-order valence-electron chi connectivity index (χ0n) is 13.7. The summed E-state index contributed by atoms with van der Waals surface area (Å²) in [5, 5.41) is 17.9. The van der Waals surface area contributed by atoms with Crippen molar-refractivity contribution in [1.29, 1.82) is 0 Å². The molecule has 26 heavy (non-hydrogen) atoms. The van der Waals surface area contributed by atoms with Crippen LogP contribution in [0.4, 0.5) is 17.2 Å². The van der Waals surface area contributed by atoms with Gasteiger partial charge < -0.3 is 14.8 Å². The van der Waals surface area contributed by atoms with Gasteiger partial charge in [-0.1, -0.05) is 0 Å². The maximum Gasteiger partial charge on any atom is 0.307 e.